The third kappa shape index (κ3) is 4.23. The zero-order chi connectivity index (χ0) is 20.4. The lowest BCUT2D eigenvalue weighted by atomic mass is 9.94. The Hall–Kier alpha value is -2.96. The van der Waals surface area contributed by atoms with Gasteiger partial charge in [-0.05, 0) is 30.9 Å². The van der Waals surface area contributed by atoms with Crippen LogP contribution in [0.4, 0.5) is 5.82 Å². The van der Waals surface area contributed by atoms with E-state index in [2.05, 4.69) is 20.4 Å². The number of amides is 1. The van der Waals surface area contributed by atoms with Gasteiger partial charge in [-0.25, -0.2) is 0 Å². The number of piperidine rings is 1. The van der Waals surface area contributed by atoms with E-state index >= 15 is 0 Å². The number of hydrogen-bond acceptors (Lipinski definition) is 5. The lowest BCUT2D eigenvalue weighted by Crippen LogP contribution is -2.43. The number of carbonyl (C=O) groups excluding carboxylic acids is 1. The molecule has 29 heavy (non-hydrogen) atoms. The molecule has 1 N–H and O–H groups in total. The van der Waals surface area contributed by atoms with Crippen LogP contribution < -0.4 is 10.2 Å². The van der Waals surface area contributed by atoms with Crippen LogP contribution in [0.1, 0.15) is 33.6 Å². The number of hydrogen-bond donors (Lipinski definition) is 1. The Labute approximate surface area is 171 Å². The second-order valence-electron chi connectivity index (χ2n) is 8.77. The van der Waals surface area contributed by atoms with Crippen LogP contribution in [0.25, 0.3) is 17.0 Å². The van der Waals surface area contributed by atoms with Gasteiger partial charge in [0.15, 0.2) is 11.5 Å². The molecular weight excluding hydrogens is 364 g/mol. The number of nitrogens with zero attached hydrogens (tertiary/aromatic N) is 5. The largest absolute Gasteiger partial charge is 0.355 e. The quantitative estimate of drug-likeness (QED) is 0.738. The van der Waals surface area contributed by atoms with Crippen LogP contribution in [-0.4, -0.2) is 45.4 Å². The van der Waals surface area contributed by atoms with Gasteiger partial charge in [0, 0.05) is 30.6 Å². The first-order chi connectivity index (χ1) is 13.9. The van der Waals surface area contributed by atoms with Crippen LogP contribution in [0, 0.1) is 11.3 Å². The Morgan fingerprint density at radius 2 is 1.93 bits per heavy atom. The number of nitrogens with one attached hydrogen (secondary N) is 1. The summed E-state index contributed by atoms with van der Waals surface area (Å²) in [6, 6.07) is 14.0. The highest BCUT2D eigenvalue weighted by Gasteiger charge is 2.25. The molecule has 1 aliphatic heterocycles. The molecule has 7 nitrogen and oxygen atoms in total. The van der Waals surface area contributed by atoms with Gasteiger partial charge in [0.05, 0.1) is 0 Å². The standard InChI is InChI=1S/C22H28N6O/c1-22(2,3)21(29)23-14-16-8-7-13-27(15-16)19-12-11-18-24-25-20(28(18)26-19)17-9-5-4-6-10-17/h4-6,9-12,16H,7-8,13-15H2,1-3H3,(H,23,29). The predicted octanol–water partition coefficient (Wildman–Crippen LogP) is 3.17. The summed E-state index contributed by atoms with van der Waals surface area (Å²) in [5.74, 6) is 2.18. The number of anilines is 1. The Balaban J connectivity index is 1.51. The molecule has 1 aliphatic rings. The molecule has 4 rings (SSSR count). The van der Waals surface area contributed by atoms with Crippen molar-refractivity contribution in [1.82, 2.24) is 25.1 Å². The maximum Gasteiger partial charge on any atom is 0.225 e. The Bertz CT molecular complexity index is 991. The van der Waals surface area contributed by atoms with Gasteiger partial charge in [-0.2, -0.15) is 4.52 Å². The molecule has 0 bridgehead atoms. The second kappa shape index (κ2) is 7.81. The van der Waals surface area contributed by atoms with Gasteiger partial charge in [0.1, 0.15) is 5.82 Å². The van der Waals surface area contributed by atoms with Gasteiger partial charge in [-0.1, -0.05) is 51.1 Å². The van der Waals surface area contributed by atoms with E-state index in [-0.39, 0.29) is 11.3 Å². The molecule has 152 valence electrons. The van der Waals surface area contributed by atoms with E-state index in [0.717, 1.165) is 48.8 Å². The molecule has 1 amide bonds. The fraction of sp³-hybridized carbons (Fsp3) is 0.455. The highest BCUT2D eigenvalue weighted by atomic mass is 16.2. The number of aromatic nitrogens is 4. The molecule has 1 aromatic carbocycles. The minimum atomic E-state index is -0.358. The summed E-state index contributed by atoms with van der Waals surface area (Å²) < 4.78 is 1.82. The summed E-state index contributed by atoms with van der Waals surface area (Å²) in [5, 5.41) is 16.5. The first-order valence-electron chi connectivity index (χ1n) is 10.2. The molecule has 0 radical (unpaired) electrons. The number of fused-ring (bicyclic) bond motifs is 1. The molecule has 3 heterocycles. The fourth-order valence-electron chi connectivity index (χ4n) is 3.66. The molecule has 0 saturated carbocycles. The van der Waals surface area contributed by atoms with Gasteiger partial charge >= 0.3 is 0 Å². The van der Waals surface area contributed by atoms with Crippen molar-refractivity contribution in [2.75, 3.05) is 24.5 Å². The van der Waals surface area contributed by atoms with E-state index in [4.69, 9.17) is 5.10 Å². The summed E-state index contributed by atoms with van der Waals surface area (Å²) in [4.78, 5) is 14.5. The lowest BCUT2D eigenvalue weighted by molar-refractivity contribution is -0.128. The average Bonchev–Trinajstić information content (AvgIpc) is 3.15. The minimum Gasteiger partial charge on any atom is -0.355 e. The highest BCUT2D eigenvalue weighted by molar-refractivity contribution is 5.81. The second-order valence-corrected chi connectivity index (χ2v) is 8.77. The topological polar surface area (TPSA) is 75.4 Å². The minimum absolute atomic E-state index is 0.103. The van der Waals surface area contributed by atoms with E-state index in [9.17, 15) is 4.79 Å². The van der Waals surface area contributed by atoms with Gasteiger partial charge in [0.2, 0.25) is 5.91 Å². The Morgan fingerprint density at radius 3 is 2.69 bits per heavy atom. The van der Waals surface area contributed by atoms with Crippen molar-refractivity contribution < 1.29 is 4.79 Å². The van der Waals surface area contributed by atoms with Gasteiger partial charge in [0.25, 0.3) is 0 Å². The zero-order valence-corrected chi connectivity index (χ0v) is 17.3. The maximum atomic E-state index is 12.2. The normalized spacial score (nSPS) is 17.5. The molecule has 2 aromatic heterocycles. The Morgan fingerprint density at radius 1 is 1.14 bits per heavy atom. The van der Waals surface area contributed by atoms with Gasteiger partial charge < -0.3 is 10.2 Å². The molecule has 1 fully saturated rings. The number of benzene rings is 1. The van der Waals surface area contributed by atoms with Crippen LogP contribution in [0.3, 0.4) is 0 Å². The van der Waals surface area contributed by atoms with Crippen LogP contribution in [0.5, 0.6) is 0 Å². The van der Waals surface area contributed by atoms with Crippen LogP contribution >= 0.6 is 0 Å². The molecule has 1 saturated heterocycles. The molecule has 1 atom stereocenters. The third-order valence-electron chi connectivity index (χ3n) is 5.36. The Kier molecular flexibility index (Phi) is 5.22. The van der Waals surface area contributed by atoms with E-state index in [1.165, 1.54) is 0 Å². The van der Waals surface area contributed by atoms with E-state index in [1.54, 1.807) is 0 Å². The van der Waals surface area contributed by atoms with Gasteiger partial charge in [-0.15, -0.1) is 15.3 Å². The van der Waals surface area contributed by atoms with Gasteiger partial charge in [-0.3, -0.25) is 4.79 Å². The smallest absolute Gasteiger partial charge is 0.225 e. The maximum absolute atomic E-state index is 12.2. The van der Waals surface area contributed by atoms with E-state index < -0.39 is 0 Å². The molecule has 3 aromatic rings. The summed E-state index contributed by atoms with van der Waals surface area (Å²) in [7, 11) is 0. The first-order valence-corrected chi connectivity index (χ1v) is 10.2. The number of rotatable bonds is 4. The summed E-state index contributed by atoms with van der Waals surface area (Å²) in [6.07, 6.45) is 2.20. The third-order valence-corrected chi connectivity index (χ3v) is 5.36. The number of carbonyl (C=O) groups is 1. The summed E-state index contributed by atoms with van der Waals surface area (Å²) >= 11 is 0. The van der Waals surface area contributed by atoms with Crippen LogP contribution in [0.2, 0.25) is 0 Å². The van der Waals surface area contributed by atoms with Crippen molar-refractivity contribution in [3.05, 3.63) is 42.5 Å². The average molecular weight is 393 g/mol. The van der Waals surface area contributed by atoms with Crippen molar-refractivity contribution in [3.63, 3.8) is 0 Å². The van der Waals surface area contributed by atoms with Crippen molar-refractivity contribution in [1.29, 1.82) is 0 Å². The molecule has 0 aliphatic carbocycles. The van der Waals surface area contributed by atoms with Crippen molar-refractivity contribution in [2.24, 2.45) is 11.3 Å². The molecule has 7 heteroatoms. The fourth-order valence-corrected chi connectivity index (χ4v) is 3.66. The molecular formula is C22H28N6O. The summed E-state index contributed by atoms with van der Waals surface area (Å²) in [6.45, 7) is 8.38. The zero-order valence-electron chi connectivity index (χ0n) is 17.3. The summed E-state index contributed by atoms with van der Waals surface area (Å²) in [5.41, 5.74) is 1.37. The first kappa shape index (κ1) is 19.4. The molecule has 0 spiro atoms. The monoisotopic (exact) mass is 392 g/mol. The lowest BCUT2D eigenvalue weighted by Gasteiger charge is -2.34. The SMILES string of the molecule is CC(C)(C)C(=O)NCC1CCCN(c2ccc3nnc(-c4ccccc4)n3n2)C1. The predicted molar refractivity (Wildman–Crippen MR) is 114 cm³/mol. The van der Waals surface area contributed by atoms with Crippen LogP contribution in [0.15, 0.2) is 42.5 Å². The molecule has 1 unspecified atom stereocenters. The highest BCUT2D eigenvalue weighted by Crippen LogP contribution is 2.24. The van der Waals surface area contributed by atoms with E-state index in [1.807, 2.05) is 67.8 Å². The van der Waals surface area contributed by atoms with Crippen LogP contribution in [-0.2, 0) is 4.79 Å². The van der Waals surface area contributed by atoms with Crippen molar-refractivity contribution in [2.45, 2.75) is 33.6 Å². The van der Waals surface area contributed by atoms with Crippen molar-refractivity contribution >= 4 is 17.4 Å². The van der Waals surface area contributed by atoms with E-state index in [0.29, 0.717) is 12.5 Å². The van der Waals surface area contributed by atoms with Crippen molar-refractivity contribution in [3.8, 4) is 11.4 Å².